The Labute approximate surface area is 107 Å². The molecule has 16 heavy (non-hydrogen) atoms. The summed E-state index contributed by atoms with van der Waals surface area (Å²) in [4.78, 5) is 3.96. The van der Waals surface area contributed by atoms with Crippen molar-refractivity contribution in [1.82, 2.24) is 10.2 Å². The van der Waals surface area contributed by atoms with E-state index in [-0.39, 0.29) is 0 Å². The second-order valence-corrected chi connectivity index (χ2v) is 6.37. The molecule has 0 aliphatic carbocycles. The lowest BCUT2D eigenvalue weighted by molar-refractivity contribution is 0.211. The lowest BCUT2D eigenvalue weighted by atomic mass is 10.1. The molecule has 0 spiro atoms. The maximum Gasteiger partial charge on any atom is 0.0931 e. The van der Waals surface area contributed by atoms with Crippen LogP contribution >= 0.6 is 22.9 Å². The van der Waals surface area contributed by atoms with Crippen molar-refractivity contribution in [3.63, 3.8) is 0 Å². The summed E-state index contributed by atoms with van der Waals surface area (Å²) in [6.45, 7) is 8.19. The van der Waals surface area contributed by atoms with Crippen LogP contribution in [0.1, 0.15) is 11.8 Å². The summed E-state index contributed by atoms with van der Waals surface area (Å²) >= 11 is 7.65. The van der Waals surface area contributed by atoms with Crippen molar-refractivity contribution < 1.29 is 0 Å². The van der Waals surface area contributed by atoms with Crippen molar-refractivity contribution >= 4 is 22.9 Å². The number of piperazine rings is 1. The Kier molecular flexibility index (Phi) is 4.65. The Bertz CT molecular complexity index is 321. The molecule has 0 aromatic carbocycles. The van der Waals surface area contributed by atoms with Crippen LogP contribution in [-0.4, -0.2) is 37.6 Å². The lowest BCUT2D eigenvalue weighted by Gasteiger charge is -2.29. The summed E-state index contributed by atoms with van der Waals surface area (Å²) in [6, 6.07) is 4.15. The van der Waals surface area contributed by atoms with Gasteiger partial charge in [0, 0.05) is 37.6 Å². The van der Waals surface area contributed by atoms with Crippen molar-refractivity contribution in [1.29, 1.82) is 0 Å². The standard InChI is InChI=1S/C12H19ClN2S/c1-10(8-11-2-3-12(13)16-11)9-15-6-4-14-5-7-15/h2-3,10,14H,4-9H2,1H3. The molecule has 0 radical (unpaired) electrons. The Morgan fingerprint density at radius 3 is 2.81 bits per heavy atom. The molecule has 1 aromatic rings. The van der Waals surface area contributed by atoms with Crippen molar-refractivity contribution in [3.8, 4) is 0 Å². The van der Waals surface area contributed by atoms with Gasteiger partial charge in [-0.05, 0) is 24.5 Å². The van der Waals surface area contributed by atoms with Crippen LogP contribution < -0.4 is 5.32 Å². The van der Waals surface area contributed by atoms with Crippen molar-refractivity contribution in [2.75, 3.05) is 32.7 Å². The highest BCUT2D eigenvalue weighted by Crippen LogP contribution is 2.24. The molecule has 90 valence electrons. The SMILES string of the molecule is CC(Cc1ccc(Cl)s1)CN1CCNCC1. The summed E-state index contributed by atoms with van der Waals surface area (Å²) in [5.74, 6) is 0.716. The van der Waals surface area contributed by atoms with Gasteiger partial charge in [0.05, 0.1) is 4.34 Å². The topological polar surface area (TPSA) is 15.3 Å². The minimum Gasteiger partial charge on any atom is -0.314 e. The van der Waals surface area contributed by atoms with E-state index in [1.54, 1.807) is 11.3 Å². The van der Waals surface area contributed by atoms with Crippen LogP contribution in [0.4, 0.5) is 0 Å². The molecule has 0 bridgehead atoms. The third-order valence-corrected chi connectivity index (χ3v) is 4.21. The number of thiophene rings is 1. The average Bonchev–Trinajstić information content (AvgIpc) is 2.65. The van der Waals surface area contributed by atoms with Gasteiger partial charge in [-0.2, -0.15) is 0 Å². The molecule has 2 heterocycles. The maximum absolute atomic E-state index is 5.94. The molecule has 1 N–H and O–H groups in total. The summed E-state index contributed by atoms with van der Waals surface area (Å²) in [6.07, 6.45) is 1.15. The Hall–Kier alpha value is -0.0900. The second kappa shape index (κ2) is 6.01. The van der Waals surface area contributed by atoms with E-state index >= 15 is 0 Å². The monoisotopic (exact) mass is 258 g/mol. The second-order valence-electron chi connectivity index (χ2n) is 4.57. The first-order valence-corrected chi connectivity index (χ1v) is 7.11. The highest BCUT2D eigenvalue weighted by Gasteiger charge is 2.13. The van der Waals surface area contributed by atoms with Crippen LogP contribution in [0.2, 0.25) is 4.34 Å². The third-order valence-electron chi connectivity index (χ3n) is 2.96. The van der Waals surface area contributed by atoms with Gasteiger partial charge >= 0.3 is 0 Å². The molecule has 1 saturated heterocycles. The Balaban J connectivity index is 1.77. The van der Waals surface area contributed by atoms with E-state index in [2.05, 4.69) is 23.2 Å². The first-order chi connectivity index (χ1) is 7.74. The molecule has 2 rings (SSSR count). The van der Waals surface area contributed by atoms with Gasteiger partial charge in [0.1, 0.15) is 0 Å². The van der Waals surface area contributed by atoms with E-state index in [4.69, 9.17) is 11.6 Å². The van der Waals surface area contributed by atoms with E-state index in [9.17, 15) is 0 Å². The highest BCUT2D eigenvalue weighted by atomic mass is 35.5. The fourth-order valence-electron chi connectivity index (χ4n) is 2.20. The fourth-order valence-corrected chi connectivity index (χ4v) is 3.45. The number of nitrogens with one attached hydrogen (secondary N) is 1. The molecule has 1 unspecified atom stereocenters. The fraction of sp³-hybridized carbons (Fsp3) is 0.667. The van der Waals surface area contributed by atoms with Crippen molar-refractivity contribution in [2.45, 2.75) is 13.3 Å². The highest BCUT2D eigenvalue weighted by molar-refractivity contribution is 7.16. The predicted octanol–water partition coefficient (Wildman–Crippen LogP) is 2.49. The van der Waals surface area contributed by atoms with Crippen LogP contribution in [0.25, 0.3) is 0 Å². The summed E-state index contributed by atoms with van der Waals surface area (Å²) < 4.78 is 0.907. The molecule has 1 aliphatic heterocycles. The molecule has 4 heteroatoms. The molecule has 0 amide bonds. The van der Waals surface area contributed by atoms with E-state index in [0.29, 0.717) is 5.92 Å². The minimum absolute atomic E-state index is 0.716. The van der Waals surface area contributed by atoms with Crippen LogP contribution in [0.15, 0.2) is 12.1 Å². The molecule has 1 aliphatic rings. The average molecular weight is 259 g/mol. The normalized spacial score (nSPS) is 19.9. The Morgan fingerprint density at radius 1 is 1.44 bits per heavy atom. The van der Waals surface area contributed by atoms with Gasteiger partial charge in [-0.3, -0.25) is 0 Å². The Morgan fingerprint density at radius 2 is 2.19 bits per heavy atom. The van der Waals surface area contributed by atoms with Gasteiger partial charge in [0.25, 0.3) is 0 Å². The number of hydrogen-bond donors (Lipinski definition) is 1. The van der Waals surface area contributed by atoms with Gasteiger partial charge in [0.15, 0.2) is 0 Å². The zero-order valence-electron chi connectivity index (χ0n) is 9.71. The zero-order valence-corrected chi connectivity index (χ0v) is 11.3. The first kappa shape index (κ1) is 12.4. The number of nitrogens with zero attached hydrogens (tertiary/aromatic N) is 1. The van der Waals surface area contributed by atoms with Crippen LogP contribution in [0.5, 0.6) is 0 Å². The minimum atomic E-state index is 0.716. The van der Waals surface area contributed by atoms with E-state index in [0.717, 1.165) is 23.8 Å². The number of rotatable bonds is 4. The van der Waals surface area contributed by atoms with E-state index < -0.39 is 0 Å². The summed E-state index contributed by atoms with van der Waals surface area (Å²) in [7, 11) is 0. The smallest absolute Gasteiger partial charge is 0.0931 e. The third kappa shape index (κ3) is 3.74. The van der Waals surface area contributed by atoms with Gasteiger partial charge < -0.3 is 10.2 Å². The van der Waals surface area contributed by atoms with Gasteiger partial charge in [0.2, 0.25) is 0 Å². The maximum atomic E-state index is 5.94. The van der Waals surface area contributed by atoms with E-state index in [1.807, 2.05) is 6.07 Å². The predicted molar refractivity (Wildman–Crippen MR) is 71.5 cm³/mol. The summed E-state index contributed by atoms with van der Waals surface area (Å²) in [5, 5.41) is 3.38. The molecule has 1 fully saturated rings. The van der Waals surface area contributed by atoms with Crippen molar-refractivity contribution in [3.05, 3.63) is 21.3 Å². The number of halogens is 1. The molecule has 1 atom stereocenters. The molecular weight excluding hydrogens is 240 g/mol. The number of hydrogen-bond acceptors (Lipinski definition) is 3. The molecule has 0 saturated carbocycles. The largest absolute Gasteiger partial charge is 0.314 e. The quantitative estimate of drug-likeness (QED) is 0.893. The van der Waals surface area contributed by atoms with E-state index in [1.165, 1.54) is 24.5 Å². The van der Waals surface area contributed by atoms with Crippen LogP contribution in [0.3, 0.4) is 0 Å². The molecule has 2 nitrogen and oxygen atoms in total. The van der Waals surface area contributed by atoms with Crippen LogP contribution in [0, 0.1) is 5.92 Å². The first-order valence-electron chi connectivity index (χ1n) is 5.91. The van der Waals surface area contributed by atoms with Gasteiger partial charge in [-0.15, -0.1) is 11.3 Å². The summed E-state index contributed by atoms with van der Waals surface area (Å²) in [5.41, 5.74) is 0. The zero-order chi connectivity index (χ0) is 11.4. The molecule has 1 aromatic heterocycles. The lowest BCUT2D eigenvalue weighted by Crippen LogP contribution is -2.45. The van der Waals surface area contributed by atoms with Gasteiger partial charge in [-0.25, -0.2) is 0 Å². The van der Waals surface area contributed by atoms with Crippen LogP contribution in [-0.2, 0) is 6.42 Å². The molecular formula is C12H19ClN2S. The van der Waals surface area contributed by atoms with Gasteiger partial charge in [-0.1, -0.05) is 18.5 Å². The van der Waals surface area contributed by atoms with Crippen molar-refractivity contribution in [2.24, 2.45) is 5.92 Å².